The van der Waals surface area contributed by atoms with Crippen LogP contribution in [0.2, 0.25) is 0 Å². The fourth-order valence-corrected chi connectivity index (χ4v) is 1.96. The van der Waals surface area contributed by atoms with E-state index in [0.29, 0.717) is 25.8 Å². The van der Waals surface area contributed by atoms with Gasteiger partial charge in [0, 0.05) is 19.4 Å². The summed E-state index contributed by atoms with van der Waals surface area (Å²) in [7, 11) is 0. The van der Waals surface area contributed by atoms with Crippen LogP contribution in [0.1, 0.15) is 44.1 Å². The van der Waals surface area contributed by atoms with Gasteiger partial charge >= 0.3 is 6.18 Å². The van der Waals surface area contributed by atoms with Gasteiger partial charge in [-0.25, -0.2) is 4.39 Å². The molecule has 0 saturated heterocycles. The first-order valence-electron chi connectivity index (χ1n) is 7.40. The van der Waals surface area contributed by atoms with E-state index >= 15 is 0 Å². The molecule has 1 rings (SSSR count). The Morgan fingerprint density at radius 1 is 0.913 bits per heavy atom. The Hall–Kier alpha value is -1.92. The number of unbranched alkanes of at least 4 members (excludes halogenated alkanes) is 3. The standard InChI is InChI=1S/C16H19F4NO2/c17-13-9-7-12(8-10-13)11-21-15(23)6-4-2-1-3-5-14(22)16(18,19)20/h7-10H,1-6,11H2,(H,21,23). The largest absolute Gasteiger partial charge is 0.449 e. The molecule has 0 aliphatic rings. The maximum atomic E-state index is 12.7. The van der Waals surface area contributed by atoms with Gasteiger partial charge in [0.1, 0.15) is 5.82 Å². The van der Waals surface area contributed by atoms with Crippen molar-refractivity contribution in [3.63, 3.8) is 0 Å². The highest BCUT2D eigenvalue weighted by atomic mass is 19.4. The fourth-order valence-electron chi connectivity index (χ4n) is 1.96. The molecule has 128 valence electrons. The van der Waals surface area contributed by atoms with Crippen LogP contribution in [0.15, 0.2) is 24.3 Å². The molecular weight excluding hydrogens is 314 g/mol. The van der Waals surface area contributed by atoms with Crippen molar-refractivity contribution in [3.05, 3.63) is 35.6 Å². The van der Waals surface area contributed by atoms with E-state index < -0.39 is 18.4 Å². The Labute approximate surface area is 132 Å². The first-order chi connectivity index (χ1) is 10.8. The highest BCUT2D eigenvalue weighted by Gasteiger charge is 2.36. The van der Waals surface area contributed by atoms with E-state index in [4.69, 9.17) is 0 Å². The smallest absolute Gasteiger partial charge is 0.352 e. The Kier molecular flexibility index (Phi) is 7.71. The van der Waals surface area contributed by atoms with E-state index in [2.05, 4.69) is 5.32 Å². The second kappa shape index (κ2) is 9.27. The molecule has 1 aromatic rings. The molecule has 1 amide bonds. The molecule has 0 radical (unpaired) electrons. The maximum absolute atomic E-state index is 12.7. The summed E-state index contributed by atoms with van der Waals surface area (Å²) in [4.78, 5) is 22.2. The molecule has 0 atom stereocenters. The minimum atomic E-state index is -4.75. The number of carbonyl (C=O) groups excluding carboxylic acids is 2. The minimum Gasteiger partial charge on any atom is -0.352 e. The van der Waals surface area contributed by atoms with Crippen molar-refractivity contribution in [3.8, 4) is 0 Å². The van der Waals surface area contributed by atoms with Crippen LogP contribution in [0.4, 0.5) is 17.6 Å². The van der Waals surface area contributed by atoms with Crippen molar-refractivity contribution >= 4 is 11.7 Å². The number of hydrogen-bond acceptors (Lipinski definition) is 2. The molecule has 0 bridgehead atoms. The summed E-state index contributed by atoms with van der Waals surface area (Å²) < 4.78 is 48.6. The van der Waals surface area contributed by atoms with E-state index in [1.807, 2.05) is 0 Å². The van der Waals surface area contributed by atoms with Gasteiger partial charge in [-0.2, -0.15) is 13.2 Å². The van der Waals surface area contributed by atoms with Crippen LogP contribution < -0.4 is 5.32 Å². The predicted octanol–water partition coefficient (Wildman–Crippen LogP) is 3.91. The molecule has 1 N–H and O–H groups in total. The van der Waals surface area contributed by atoms with Crippen LogP contribution in [-0.4, -0.2) is 17.9 Å². The van der Waals surface area contributed by atoms with E-state index in [-0.39, 0.29) is 24.6 Å². The average molecular weight is 333 g/mol. The first-order valence-corrected chi connectivity index (χ1v) is 7.40. The average Bonchev–Trinajstić information content (AvgIpc) is 2.49. The first kappa shape index (κ1) is 19.1. The lowest BCUT2D eigenvalue weighted by molar-refractivity contribution is -0.171. The van der Waals surface area contributed by atoms with Gasteiger partial charge in [-0.1, -0.05) is 25.0 Å². The lowest BCUT2D eigenvalue weighted by Gasteiger charge is -2.06. The van der Waals surface area contributed by atoms with Crippen LogP contribution in [0.3, 0.4) is 0 Å². The predicted molar refractivity (Wildman–Crippen MR) is 77.0 cm³/mol. The third kappa shape index (κ3) is 8.32. The van der Waals surface area contributed by atoms with Gasteiger partial charge in [-0.05, 0) is 30.5 Å². The zero-order valence-corrected chi connectivity index (χ0v) is 12.6. The number of Topliss-reactive ketones (excluding diaryl/α,β-unsaturated/α-hetero) is 1. The van der Waals surface area contributed by atoms with Gasteiger partial charge in [0.2, 0.25) is 11.7 Å². The number of amides is 1. The monoisotopic (exact) mass is 333 g/mol. The quantitative estimate of drug-likeness (QED) is 0.550. The van der Waals surface area contributed by atoms with E-state index in [0.717, 1.165) is 5.56 Å². The van der Waals surface area contributed by atoms with Crippen LogP contribution >= 0.6 is 0 Å². The van der Waals surface area contributed by atoms with Crippen molar-refractivity contribution in [1.82, 2.24) is 5.32 Å². The van der Waals surface area contributed by atoms with Gasteiger partial charge in [0.15, 0.2) is 0 Å². The Bertz CT molecular complexity index is 512. The highest BCUT2D eigenvalue weighted by molar-refractivity contribution is 5.83. The van der Waals surface area contributed by atoms with E-state index in [9.17, 15) is 27.2 Å². The molecule has 0 spiro atoms. The molecule has 0 aliphatic carbocycles. The molecule has 23 heavy (non-hydrogen) atoms. The van der Waals surface area contributed by atoms with Crippen LogP contribution in [0.5, 0.6) is 0 Å². The van der Waals surface area contributed by atoms with Gasteiger partial charge < -0.3 is 5.32 Å². The van der Waals surface area contributed by atoms with Gasteiger partial charge in [-0.3, -0.25) is 9.59 Å². The maximum Gasteiger partial charge on any atom is 0.449 e. The van der Waals surface area contributed by atoms with Crippen molar-refractivity contribution in [2.45, 2.75) is 51.2 Å². The number of rotatable bonds is 9. The Morgan fingerprint density at radius 2 is 1.48 bits per heavy atom. The molecule has 3 nitrogen and oxygen atoms in total. The zero-order chi connectivity index (χ0) is 17.3. The summed E-state index contributed by atoms with van der Waals surface area (Å²) in [6.45, 7) is 0.305. The summed E-state index contributed by atoms with van der Waals surface area (Å²) in [5.41, 5.74) is 0.783. The number of halogens is 4. The Balaban J connectivity index is 2.06. The molecule has 0 aromatic heterocycles. The van der Waals surface area contributed by atoms with Crippen LogP contribution in [0, 0.1) is 5.82 Å². The number of benzene rings is 1. The zero-order valence-electron chi connectivity index (χ0n) is 12.6. The van der Waals surface area contributed by atoms with Crippen LogP contribution in [-0.2, 0) is 16.1 Å². The van der Waals surface area contributed by atoms with Crippen molar-refractivity contribution < 1.29 is 27.2 Å². The third-order valence-corrected chi connectivity index (χ3v) is 3.28. The molecule has 0 fully saturated rings. The molecule has 0 aliphatic heterocycles. The number of nitrogens with one attached hydrogen (secondary N) is 1. The lowest BCUT2D eigenvalue weighted by atomic mass is 10.1. The molecule has 0 saturated carbocycles. The van der Waals surface area contributed by atoms with Gasteiger partial charge in [0.25, 0.3) is 0 Å². The lowest BCUT2D eigenvalue weighted by Crippen LogP contribution is -2.22. The third-order valence-electron chi connectivity index (χ3n) is 3.28. The second-order valence-corrected chi connectivity index (χ2v) is 5.24. The summed E-state index contributed by atoms with van der Waals surface area (Å²) in [5.74, 6) is -2.21. The minimum absolute atomic E-state index is 0.166. The molecule has 7 heteroatoms. The van der Waals surface area contributed by atoms with E-state index in [1.54, 1.807) is 12.1 Å². The fraction of sp³-hybridized carbons (Fsp3) is 0.500. The normalized spacial score (nSPS) is 11.3. The van der Waals surface area contributed by atoms with Crippen molar-refractivity contribution in [1.29, 1.82) is 0 Å². The number of hydrogen-bond donors (Lipinski definition) is 1. The van der Waals surface area contributed by atoms with Crippen molar-refractivity contribution in [2.24, 2.45) is 0 Å². The summed E-state index contributed by atoms with van der Waals surface area (Å²) >= 11 is 0. The van der Waals surface area contributed by atoms with Gasteiger partial charge in [-0.15, -0.1) is 0 Å². The number of carbonyl (C=O) groups is 2. The van der Waals surface area contributed by atoms with Gasteiger partial charge in [0.05, 0.1) is 0 Å². The van der Waals surface area contributed by atoms with Crippen molar-refractivity contribution in [2.75, 3.05) is 0 Å². The van der Waals surface area contributed by atoms with E-state index in [1.165, 1.54) is 12.1 Å². The molecule has 0 heterocycles. The highest BCUT2D eigenvalue weighted by Crippen LogP contribution is 2.19. The summed E-state index contributed by atoms with van der Waals surface area (Å²) in [6, 6.07) is 5.77. The van der Waals surface area contributed by atoms with Crippen LogP contribution in [0.25, 0.3) is 0 Å². The number of alkyl halides is 3. The summed E-state index contributed by atoms with van der Waals surface area (Å²) in [5, 5.41) is 2.68. The molecular formula is C16H19F4NO2. The second-order valence-electron chi connectivity index (χ2n) is 5.24. The topological polar surface area (TPSA) is 46.2 Å². The summed E-state index contributed by atoms with van der Waals surface area (Å²) in [6.07, 6.45) is -3.18. The Morgan fingerprint density at radius 3 is 2.04 bits per heavy atom. The number of ketones is 1. The molecule has 0 unspecified atom stereocenters. The molecule has 1 aromatic carbocycles. The SMILES string of the molecule is O=C(CCCCCCC(=O)C(F)(F)F)NCc1ccc(F)cc1.